The van der Waals surface area contributed by atoms with Crippen molar-refractivity contribution in [3.63, 3.8) is 0 Å². The molecule has 3 atom stereocenters. The summed E-state index contributed by atoms with van der Waals surface area (Å²) in [4.78, 5) is 6.89. The molecule has 1 aromatic heterocycles. The molecule has 92 valence electrons. The Bertz CT molecular complexity index is 409. The maximum atomic E-state index is 5.41. The fraction of sp³-hybridized carbons (Fsp3) is 0.615. The highest BCUT2D eigenvalue weighted by Gasteiger charge is 2.42. The van der Waals surface area contributed by atoms with E-state index in [0.717, 1.165) is 43.0 Å². The number of anilines is 1. The van der Waals surface area contributed by atoms with E-state index in [9.17, 15) is 0 Å². The first-order valence-corrected chi connectivity index (χ1v) is 6.27. The molecule has 2 saturated heterocycles. The summed E-state index contributed by atoms with van der Waals surface area (Å²) in [5.74, 6) is 3.39. The summed E-state index contributed by atoms with van der Waals surface area (Å²) in [6.45, 7) is 5.66. The van der Waals surface area contributed by atoms with Crippen molar-refractivity contribution in [2.75, 3.05) is 31.6 Å². The zero-order chi connectivity index (χ0) is 11.8. The van der Waals surface area contributed by atoms with Crippen molar-refractivity contribution in [1.82, 2.24) is 10.3 Å². The van der Waals surface area contributed by atoms with Gasteiger partial charge in [-0.15, -0.1) is 0 Å². The summed E-state index contributed by atoms with van der Waals surface area (Å²) in [6.07, 6.45) is 1.84. The highest BCUT2D eigenvalue weighted by atomic mass is 16.5. The molecule has 1 aromatic rings. The maximum absolute atomic E-state index is 5.41. The number of hydrogen-bond acceptors (Lipinski definition) is 4. The van der Waals surface area contributed by atoms with E-state index in [-0.39, 0.29) is 0 Å². The monoisotopic (exact) mass is 233 g/mol. The van der Waals surface area contributed by atoms with E-state index in [1.807, 2.05) is 18.3 Å². The maximum Gasteiger partial charge on any atom is 0.171 e. The van der Waals surface area contributed by atoms with Crippen LogP contribution in [-0.2, 0) is 0 Å². The Balaban J connectivity index is 1.90. The van der Waals surface area contributed by atoms with E-state index in [1.165, 1.54) is 0 Å². The summed E-state index contributed by atoms with van der Waals surface area (Å²) in [6, 6.07) is 4.45. The topological polar surface area (TPSA) is 37.4 Å². The number of nitrogens with zero attached hydrogens (tertiary/aromatic N) is 2. The number of hydrogen-bond donors (Lipinski definition) is 1. The molecule has 17 heavy (non-hydrogen) atoms. The van der Waals surface area contributed by atoms with Gasteiger partial charge < -0.3 is 15.0 Å². The van der Waals surface area contributed by atoms with Crippen molar-refractivity contribution >= 4 is 5.82 Å². The van der Waals surface area contributed by atoms with Crippen LogP contribution in [0.25, 0.3) is 0 Å². The van der Waals surface area contributed by atoms with Gasteiger partial charge in [0.1, 0.15) is 0 Å². The molecule has 0 bridgehead atoms. The van der Waals surface area contributed by atoms with Crippen molar-refractivity contribution < 1.29 is 4.74 Å². The number of ether oxygens (including phenoxy) is 1. The third kappa shape index (κ3) is 1.67. The first-order valence-electron chi connectivity index (χ1n) is 6.27. The first-order chi connectivity index (χ1) is 8.31. The lowest BCUT2D eigenvalue weighted by Gasteiger charge is -2.26. The minimum absolute atomic E-state index is 0.541. The largest absolute Gasteiger partial charge is 0.493 e. The lowest BCUT2D eigenvalue weighted by molar-refractivity contribution is 0.410. The van der Waals surface area contributed by atoms with E-state index in [4.69, 9.17) is 4.74 Å². The van der Waals surface area contributed by atoms with Crippen LogP contribution in [0.1, 0.15) is 6.92 Å². The molecule has 1 N–H and O–H groups in total. The average Bonchev–Trinajstić information content (AvgIpc) is 2.93. The molecule has 0 radical (unpaired) electrons. The third-order valence-corrected chi connectivity index (χ3v) is 4.18. The molecular weight excluding hydrogens is 214 g/mol. The highest BCUT2D eigenvalue weighted by molar-refractivity contribution is 5.54. The van der Waals surface area contributed by atoms with E-state index in [2.05, 4.69) is 22.1 Å². The predicted octanol–water partition coefficient (Wildman–Crippen LogP) is 1.13. The Kier molecular flexibility index (Phi) is 2.67. The van der Waals surface area contributed by atoms with Gasteiger partial charge in [0.05, 0.1) is 7.11 Å². The summed E-state index contributed by atoms with van der Waals surface area (Å²) >= 11 is 0. The Morgan fingerprint density at radius 3 is 3.12 bits per heavy atom. The second-order valence-electron chi connectivity index (χ2n) is 5.00. The van der Waals surface area contributed by atoms with E-state index in [1.54, 1.807) is 7.11 Å². The van der Waals surface area contributed by atoms with Crippen LogP contribution in [0.2, 0.25) is 0 Å². The van der Waals surface area contributed by atoms with E-state index < -0.39 is 0 Å². The number of rotatable bonds is 2. The molecular formula is C13H19N3O. The molecule has 4 heteroatoms. The van der Waals surface area contributed by atoms with Crippen LogP contribution in [-0.4, -0.2) is 37.8 Å². The fourth-order valence-corrected chi connectivity index (χ4v) is 3.20. The van der Waals surface area contributed by atoms with Crippen molar-refractivity contribution in [2.45, 2.75) is 13.0 Å². The minimum Gasteiger partial charge on any atom is -0.493 e. The molecule has 0 aliphatic carbocycles. The minimum atomic E-state index is 0.541. The summed E-state index contributed by atoms with van der Waals surface area (Å²) in [7, 11) is 1.71. The molecule has 2 fully saturated rings. The highest BCUT2D eigenvalue weighted by Crippen LogP contribution is 2.38. The molecule has 2 aliphatic heterocycles. The van der Waals surface area contributed by atoms with Gasteiger partial charge in [-0.05, 0) is 30.9 Å². The van der Waals surface area contributed by atoms with Crippen LogP contribution < -0.4 is 15.0 Å². The summed E-state index contributed by atoms with van der Waals surface area (Å²) in [5.41, 5.74) is 0. The summed E-state index contributed by atoms with van der Waals surface area (Å²) < 4.78 is 5.41. The normalized spacial score (nSPS) is 31.6. The van der Waals surface area contributed by atoms with Gasteiger partial charge in [0.25, 0.3) is 0 Å². The molecule has 2 aliphatic rings. The molecule has 0 spiro atoms. The molecule has 3 unspecified atom stereocenters. The fourth-order valence-electron chi connectivity index (χ4n) is 3.20. The van der Waals surface area contributed by atoms with Gasteiger partial charge in [0, 0.05) is 31.9 Å². The Morgan fingerprint density at radius 2 is 2.35 bits per heavy atom. The number of fused-ring (bicyclic) bond motifs is 1. The van der Waals surface area contributed by atoms with Gasteiger partial charge in [0.15, 0.2) is 11.6 Å². The number of methoxy groups -OCH3 is 1. The molecule has 0 amide bonds. The van der Waals surface area contributed by atoms with Gasteiger partial charge in [-0.25, -0.2) is 4.98 Å². The second kappa shape index (κ2) is 4.18. The predicted molar refractivity (Wildman–Crippen MR) is 67.4 cm³/mol. The van der Waals surface area contributed by atoms with Crippen LogP contribution in [0.3, 0.4) is 0 Å². The Hall–Kier alpha value is -1.29. The standard InChI is InChI=1S/C13H19N3O/c1-9-11-7-14-6-10(11)8-16(9)13-12(17-2)4-3-5-15-13/h3-5,9-11,14H,6-8H2,1-2H3. The molecule has 3 heterocycles. The smallest absolute Gasteiger partial charge is 0.171 e. The van der Waals surface area contributed by atoms with Gasteiger partial charge in [-0.1, -0.05) is 0 Å². The number of pyridine rings is 1. The quantitative estimate of drug-likeness (QED) is 0.831. The van der Waals surface area contributed by atoms with E-state index >= 15 is 0 Å². The van der Waals surface area contributed by atoms with Crippen molar-refractivity contribution in [3.8, 4) is 5.75 Å². The van der Waals surface area contributed by atoms with E-state index in [0.29, 0.717) is 6.04 Å². The number of aromatic nitrogens is 1. The molecule has 3 rings (SSSR count). The van der Waals surface area contributed by atoms with Gasteiger partial charge in [-0.2, -0.15) is 0 Å². The van der Waals surface area contributed by atoms with Gasteiger partial charge in [-0.3, -0.25) is 0 Å². The van der Waals surface area contributed by atoms with Crippen LogP contribution in [0.4, 0.5) is 5.82 Å². The molecule has 4 nitrogen and oxygen atoms in total. The Morgan fingerprint density at radius 1 is 1.47 bits per heavy atom. The van der Waals surface area contributed by atoms with Crippen LogP contribution >= 0.6 is 0 Å². The second-order valence-corrected chi connectivity index (χ2v) is 5.00. The molecule has 0 saturated carbocycles. The lowest BCUT2D eigenvalue weighted by Crippen LogP contribution is -2.33. The van der Waals surface area contributed by atoms with Gasteiger partial charge >= 0.3 is 0 Å². The van der Waals surface area contributed by atoms with Crippen LogP contribution in [0.5, 0.6) is 5.75 Å². The summed E-state index contributed by atoms with van der Waals surface area (Å²) in [5, 5.41) is 3.48. The van der Waals surface area contributed by atoms with Gasteiger partial charge in [0.2, 0.25) is 0 Å². The average molecular weight is 233 g/mol. The van der Waals surface area contributed by atoms with Crippen molar-refractivity contribution in [2.24, 2.45) is 11.8 Å². The third-order valence-electron chi connectivity index (χ3n) is 4.18. The van der Waals surface area contributed by atoms with Crippen LogP contribution in [0, 0.1) is 11.8 Å². The molecule has 0 aromatic carbocycles. The lowest BCUT2D eigenvalue weighted by atomic mass is 9.95. The van der Waals surface area contributed by atoms with Crippen molar-refractivity contribution in [1.29, 1.82) is 0 Å². The van der Waals surface area contributed by atoms with Crippen molar-refractivity contribution in [3.05, 3.63) is 18.3 Å². The zero-order valence-corrected chi connectivity index (χ0v) is 10.4. The van der Waals surface area contributed by atoms with Crippen LogP contribution in [0.15, 0.2) is 18.3 Å². The first kappa shape index (κ1) is 10.8. The Labute approximate surface area is 102 Å². The SMILES string of the molecule is COc1cccnc1N1CC2CNCC2C1C. The zero-order valence-electron chi connectivity index (χ0n) is 10.4. The number of nitrogens with one attached hydrogen (secondary N) is 1.